The second-order valence-corrected chi connectivity index (χ2v) is 5.06. The van der Waals surface area contributed by atoms with Gasteiger partial charge in [-0.2, -0.15) is 5.26 Å². The lowest BCUT2D eigenvalue weighted by Crippen LogP contribution is -2.21. The molecule has 0 radical (unpaired) electrons. The predicted octanol–water partition coefficient (Wildman–Crippen LogP) is 2.34. The summed E-state index contributed by atoms with van der Waals surface area (Å²) in [6.07, 6.45) is 1.31. The Kier molecular flexibility index (Phi) is 3.48. The molecule has 1 saturated heterocycles. The highest BCUT2D eigenvalue weighted by Crippen LogP contribution is 2.26. The highest BCUT2D eigenvalue weighted by atomic mass is 16.5. The highest BCUT2D eigenvalue weighted by molar-refractivity contribution is 5.92. The fourth-order valence-corrected chi connectivity index (χ4v) is 2.59. The Morgan fingerprint density at radius 3 is 3.00 bits per heavy atom. The molecule has 0 saturated carbocycles. The number of fused-ring (bicyclic) bond motifs is 1. The summed E-state index contributed by atoms with van der Waals surface area (Å²) in [7, 11) is 0. The molecule has 0 spiro atoms. The Bertz CT molecular complexity index is 664. The summed E-state index contributed by atoms with van der Waals surface area (Å²) in [5.41, 5.74) is 1.91. The zero-order valence-electron chi connectivity index (χ0n) is 11.3. The Balaban J connectivity index is 1.91. The van der Waals surface area contributed by atoms with E-state index in [1.807, 2.05) is 24.3 Å². The van der Waals surface area contributed by atoms with Crippen LogP contribution in [0.5, 0.6) is 0 Å². The van der Waals surface area contributed by atoms with E-state index in [0.717, 1.165) is 36.2 Å². The van der Waals surface area contributed by atoms with Gasteiger partial charge < -0.3 is 10.1 Å². The maximum absolute atomic E-state index is 9.20. The Morgan fingerprint density at radius 2 is 2.25 bits per heavy atom. The van der Waals surface area contributed by atoms with E-state index in [1.165, 1.54) is 0 Å². The number of anilines is 1. The SMILES string of the molecule is CC1OCCC1CNc1c(C#N)nnc2ccccc12. The van der Waals surface area contributed by atoms with Gasteiger partial charge >= 0.3 is 0 Å². The zero-order valence-corrected chi connectivity index (χ0v) is 11.3. The average Bonchev–Trinajstić information content (AvgIpc) is 2.90. The second kappa shape index (κ2) is 5.43. The minimum Gasteiger partial charge on any atom is -0.382 e. The molecular formula is C15H16N4O. The molecular weight excluding hydrogens is 252 g/mol. The van der Waals surface area contributed by atoms with Crippen molar-refractivity contribution in [3.05, 3.63) is 30.0 Å². The van der Waals surface area contributed by atoms with Gasteiger partial charge in [-0.05, 0) is 19.4 Å². The van der Waals surface area contributed by atoms with Gasteiger partial charge in [-0.25, -0.2) is 0 Å². The van der Waals surface area contributed by atoms with Crippen LogP contribution in [0.1, 0.15) is 19.0 Å². The molecule has 1 aromatic carbocycles. The van der Waals surface area contributed by atoms with Gasteiger partial charge in [-0.1, -0.05) is 18.2 Å². The molecule has 0 amide bonds. The number of nitrogens with one attached hydrogen (secondary N) is 1. The zero-order chi connectivity index (χ0) is 13.9. The Labute approximate surface area is 117 Å². The maximum Gasteiger partial charge on any atom is 0.186 e. The van der Waals surface area contributed by atoms with Crippen molar-refractivity contribution in [2.45, 2.75) is 19.4 Å². The van der Waals surface area contributed by atoms with E-state index in [1.54, 1.807) is 0 Å². The topological polar surface area (TPSA) is 70.8 Å². The highest BCUT2D eigenvalue weighted by Gasteiger charge is 2.24. The summed E-state index contributed by atoms with van der Waals surface area (Å²) in [5.74, 6) is 0.466. The van der Waals surface area contributed by atoms with Crippen molar-refractivity contribution < 1.29 is 4.74 Å². The molecule has 1 N–H and O–H groups in total. The van der Waals surface area contributed by atoms with Crippen LogP contribution >= 0.6 is 0 Å². The normalized spacial score (nSPS) is 21.8. The Morgan fingerprint density at radius 1 is 1.40 bits per heavy atom. The third-order valence-corrected chi connectivity index (χ3v) is 3.85. The Hall–Kier alpha value is -2.19. The molecule has 3 rings (SSSR count). The summed E-state index contributed by atoms with van der Waals surface area (Å²) in [6, 6.07) is 9.82. The number of hydrogen-bond donors (Lipinski definition) is 1. The van der Waals surface area contributed by atoms with E-state index in [9.17, 15) is 5.26 Å². The number of nitrogens with zero attached hydrogens (tertiary/aromatic N) is 3. The molecule has 2 atom stereocenters. The van der Waals surface area contributed by atoms with Crippen LogP contribution in [0.25, 0.3) is 10.9 Å². The molecule has 1 aliphatic heterocycles. The molecule has 20 heavy (non-hydrogen) atoms. The molecule has 1 aromatic heterocycles. The number of aromatic nitrogens is 2. The average molecular weight is 268 g/mol. The van der Waals surface area contributed by atoms with Crippen LogP contribution in [0.15, 0.2) is 24.3 Å². The van der Waals surface area contributed by atoms with Crippen LogP contribution in [0.4, 0.5) is 5.69 Å². The molecule has 5 nitrogen and oxygen atoms in total. The summed E-state index contributed by atoms with van der Waals surface area (Å²) in [5, 5.41) is 21.6. The first kappa shape index (κ1) is 12.8. The standard InChI is InChI=1S/C15H16N4O/c1-10-11(6-7-20-10)9-17-15-12-4-2-3-5-13(12)18-19-14(15)8-16/h2-5,10-11H,6-7,9H2,1H3,(H,17,18). The van der Waals surface area contributed by atoms with Gasteiger partial charge in [0.05, 0.1) is 17.3 Å². The molecule has 2 unspecified atom stereocenters. The number of ether oxygens (including phenoxy) is 1. The van der Waals surface area contributed by atoms with Gasteiger partial charge in [0, 0.05) is 24.5 Å². The third-order valence-electron chi connectivity index (χ3n) is 3.85. The van der Waals surface area contributed by atoms with Gasteiger partial charge in [-0.3, -0.25) is 0 Å². The second-order valence-electron chi connectivity index (χ2n) is 5.06. The van der Waals surface area contributed by atoms with Crippen molar-refractivity contribution in [3.8, 4) is 6.07 Å². The minimum absolute atomic E-state index is 0.258. The maximum atomic E-state index is 9.20. The quantitative estimate of drug-likeness (QED) is 0.925. The van der Waals surface area contributed by atoms with Crippen LogP contribution in [-0.4, -0.2) is 29.5 Å². The number of nitriles is 1. The van der Waals surface area contributed by atoms with E-state index in [2.05, 4.69) is 28.5 Å². The fourth-order valence-electron chi connectivity index (χ4n) is 2.59. The van der Waals surface area contributed by atoms with Crippen molar-refractivity contribution in [2.75, 3.05) is 18.5 Å². The summed E-state index contributed by atoms with van der Waals surface area (Å²) in [4.78, 5) is 0. The van der Waals surface area contributed by atoms with Gasteiger partial charge in [0.2, 0.25) is 0 Å². The van der Waals surface area contributed by atoms with Gasteiger partial charge in [0.25, 0.3) is 0 Å². The monoisotopic (exact) mass is 268 g/mol. The number of hydrogen-bond acceptors (Lipinski definition) is 5. The van der Waals surface area contributed by atoms with Crippen molar-refractivity contribution in [1.29, 1.82) is 5.26 Å². The molecule has 2 heterocycles. The first-order chi connectivity index (χ1) is 9.79. The molecule has 2 aromatic rings. The molecule has 0 bridgehead atoms. The smallest absolute Gasteiger partial charge is 0.186 e. The van der Waals surface area contributed by atoms with Crippen LogP contribution in [0.2, 0.25) is 0 Å². The lowest BCUT2D eigenvalue weighted by molar-refractivity contribution is 0.108. The molecule has 0 aliphatic carbocycles. The first-order valence-electron chi connectivity index (χ1n) is 6.80. The lowest BCUT2D eigenvalue weighted by Gasteiger charge is -2.16. The number of rotatable bonds is 3. The minimum atomic E-state index is 0.258. The molecule has 5 heteroatoms. The van der Waals surface area contributed by atoms with Crippen LogP contribution in [-0.2, 0) is 4.74 Å². The van der Waals surface area contributed by atoms with E-state index in [0.29, 0.717) is 11.6 Å². The lowest BCUT2D eigenvalue weighted by atomic mass is 10.0. The molecule has 1 fully saturated rings. The van der Waals surface area contributed by atoms with E-state index < -0.39 is 0 Å². The molecule has 1 aliphatic rings. The predicted molar refractivity (Wildman–Crippen MR) is 76.3 cm³/mol. The van der Waals surface area contributed by atoms with Gasteiger partial charge in [0.1, 0.15) is 6.07 Å². The van der Waals surface area contributed by atoms with Crippen molar-refractivity contribution >= 4 is 16.6 Å². The van der Waals surface area contributed by atoms with Crippen LogP contribution in [0, 0.1) is 17.2 Å². The fraction of sp³-hybridized carbons (Fsp3) is 0.400. The van der Waals surface area contributed by atoms with E-state index in [-0.39, 0.29) is 6.10 Å². The van der Waals surface area contributed by atoms with Crippen molar-refractivity contribution in [3.63, 3.8) is 0 Å². The largest absolute Gasteiger partial charge is 0.382 e. The summed E-state index contributed by atoms with van der Waals surface area (Å²) in [6.45, 7) is 3.69. The van der Waals surface area contributed by atoms with E-state index >= 15 is 0 Å². The van der Waals surface area contributed by atoms with Crippen LogP contribution < -0.4 is 5.32 Å². The number of benzene rings is 1. The van der Waals surface area contributed by atoms with Gasteiger partial charge in [0.15, 0.2) is 5.69 Å². The summed E-state index contributed by atoms with van der Waals surface area (Å²) >= 11 is 0. The third kappa shape index (κ3) is 2.30. The van der Waals surface area contributed by atoms with E-state index in [4.69, 9.17) is 4.74 Å². The first-order valence-corrected chi connectivity index (χ1v) is 6.80. The van der Waals surface area contributed by atoms with Gasteiger partial charge in [-0.15, -0.1) is 10.2 Å². The molecule has 102 valence electrons. The van der Waals surface area contributed by atoms with Crippen LogP contribution in [0.3, 0.4) is 0 Å². The van der Waals surface area contributed by atoms with Crippen molar-refractivity contribution in [2.24, 2.45) is 5.92 Å². The van der Waals surface area contributed by atoms with Crippen molar-refractivity contribution in [1.82, 2.24) is 10.2 Å². The summed E-state index contributed by atoms with van der Waals surface area (Å²) < 4.78 is 5.56.